The molecule has 1 unspecified atom stereocenters. The van der Waals surface area contributed by atoms with Crippen LogP contribution in [-0.2, 0) is 11.0 Å². The van der Waals surface area contributed by atoms with E-state index in [0.717, 1.165) is 6.54 Å². The maximum Gasteiger partial charge on any atom is 0.253 e. The number of carbonyl (C=O) groups excluding carboxylic acids is 1. The average molecular weight is 549 g/mol. The van der Waals surface area contributed by atoms with Gasteiger partial charge in [-0.1, -0.05) is 18.2 Å². The molecule has 0 spiro atoms. The molecule has 4 rings (SSSR count). The van der Waals surface area contributed by atoms with Gasteiger partial charge in [-0.15, -0.1) is 0 Å². The molecule has 4 aromatic rings. The first kappa shape index (κ1) is 27.8. The van der Waals surface area contributed by atoms with Gasteiger partial charge in [0.05, 0.1) is 30.1 Å². The van der Waals surface area contributed by atoms with Gasteiger partial charge in [0, 0.05) is 49.6 Å². The zero-order valence-electron chi connectivity index (χ0n) is 22.6. The molecule has 0 saturated carbocycles. The monoisotopic (exact) mass is 548 g/mol. The van der Waals surface area contributed by atoms with E-state index in [1.807, 2.05) is 43.3 Å². The summed E-state index contributed by atoms with van der Waals surface area (Å²) in [7, 11) is 7.08. The van der Waals surface area contributed by atoms with Gasteiger partial charge in [-0.25, -0.2) is 14.2 Å². The highest BCUT2D eigenvalue weighted by atomic mass is 32.2. The molecule has 2 N–H and O–H groups in total. The Morgan fingerprint density at radius 3 is 2.10 bits per heavy atom. The van der Waals surface area contributed by atoms with Crippen LogP contribution in [0, 0.1) is 0 Å². The van der Waals surface area contributed by atoms with E-state index in [1.54, 1.807) is 68.6 Å². The van der Waals surface area contributed by atoms with Gasteiger partial charge in [-0.05, 0) is 44.4 Å². The van der Waals surface area contributed by atoms with Crippen LogP contribution in [0.15, 0.2) is 71.6 Å². The molecule has 3 aromatic carbocycles. The molecular weight excluding hydrogens is 516 g/mol. The number of nitrogens with one attached hydrogen (secondary N) is 2. The third kappa shape index (κ3) is 7.01. The van der Waals surface area contributed by atoms with E-state index in [9.17, 15) is 9.00 Å². The lowest BCUT2D eigenvalue weighted by Gasteiger charge is -2.20. The third-order valence-electron chi connectivity index (χ3n) is 5.90. The molecule has 39 heavy (non-hydrogen) atoms. The van der Waals surface area contributed by atoms with Crippen LogP contribution in [-0.4, -0.2) is 78.3 Å². The lowest BCUT2D eigenvalue weighted by Crippen LogP contribution is -2.33. The fourth-order valence-corrected chi connectivity index (χ4v) is 4.61. The van der Waals surface area contributed by atoms with Crippen molar-refractivity contribution in [2.24, 2.45) is 0 Å². The fraction of sp³-hybridized carbons (Fsp3) is 0.250. The van der Waals surface area contributed by atoms with Gasteiger partial charge in [-0.2, -0.15) is 0 Å². The summed E-state index contributed by atoms with van der Waals surface area (Å²) < 4.78 is 27.2. The summed E-state index contributed by atoms with van der Waals surface area (Å²) in [5.74, 6) is 1.71. The number of likely N-dealkylation sites (N-methyl/N-ethyl adjacent to an activating group) is 2. The van der Waals surface area contributed by atoms with Crippen molar-refractivity contribution >= 4 is 45.2 Å². The minimum Gasteiger partial charge on any atom is -0.497 e. The van der Waals surface area contributed by atoms with Crippen LogP contribution in [0.3, 0.4) is 0 Å². The van der Waals surface area contributed by atoms with Gasteiger partial charge in [0.15, 0.2) is 22.6 Å². The van der Waals surface area contributed by atoms with Crippen LogP contribution in [0.4, 0.5) is 17.3 Å². The lowest BCUT2D eigenvalue weighted by atomic mass is 10.2. The second-order valence-electron chi connectivity index (χ2n) is 9.06. The SMILES string of the molecule is COc1cc(Nc2nc3ccccc3nc2NS(=O)c2cccc(C(=O)N(C)CCN(C)C)c2)cc(OC)c1. The molecule has 0 aliphatic heterocycles. The van der Waals surface area contributed by atoms with Crippen molar-refractivity contribution in [1.82, 2.24) is 19.8 Å². The Kier molecular flexibility index (Phi) is 8.95. The van der Waals surface area contributed by atoms with Gasteiger partial charge in [0.2, 0.25) is 0 Å². The molecule has 1 atom stereocenters. The number of amides is 1. The Hall–Kier alpha value is -4.22. The molecule has 1 amide bonds. The Bertz CT molecular complexity index is 1470. The first-order valence-corrected chi connectivity index (χ1v) is 13.4. The predicted octanol–water partition coefficient (Wildman–Crippen LogP) is 4.16. The quantitative estimate of drug-likeness (QED) is 0.288. The first-order valence-electron chi connectivity index (χ1n) is 12.2. The van der Waals surface area contributed by atoms with Crippen molar-refractivity contribution in [2.45, 2.75) is 4.90 Å². The van der Waals surface area contributed by atoms with Crippen molar-refractivity contribution in [1.29, 1.82) is 0 Å². The molecule has 10 nitrogen and oxygen atoms in total. The Morgan fingerprint density at radius 1 is 0.846 bits per heavy atom. The molecular formula is C28H32N6O4S. The summed E-state index contributed by atoms with van der Waals surface area (Å²) in [5, 5.41) is 3.24. The van der Waals surface area contributed by atoms with Crippen molar-refractivity contribution in [3.63, 3.8) is 0 Å². The number of anilines is 3. The standard InChI is InChI=1S/C28H32N6O4S/c1-33(2)13-14-34(3)28(35)19-9-8-10-23(15-19)39(36)32-27-26(30-24-11-6-7-12-25(24)31-27)29-20-16-21(37-4)18-22(17-20)38-5/h6-12,15-18H,13-14H2,1-5H3,(H,29,30)(H,31,32). The topological polar surface area (TPSA) is 109 Å². The third-order valence-corrected chi connectivity index (χ3v) is 6.96. The summed E-state index contributed by atoms with van der Waals surface area (Å²) >= 11 is 0. The second-order valence-corrected chi connectivity index (χ2v) is 10.3. The molecule has 1 heterocycles. The maximum atomic E-state index is 13.4. The lowest BCUT2D eigenvalue weighted by molar-refractivity contribution is 0.0786. The molecule has 0 aliphatic rings. The number of rotatable bonds is 11. The summed E-state index contributed by atoms with van der Waals surface area (Å²) in [5.41, 5.74) is 2.41. The van der Waals surface area contributed by atoms with Crippen LogP contribution in [0.2, 0.25) is 0 Å². The fourth-order valence-electron chi connectivity index (χ4n) is 3.74. The number of methoxy groups -OCH3 is 2. The minimum absolute atomic E-state index is 0.143. The highest BCUT2D eigenvalue weighted by Crippen LogP contribution is 2.31. The van der Waals surface area contributed by atoms with E-state index in [0.29, 0.717) is 51.0 Å². The van der Waals surface area contributed by atoms with Crippen LogP contribution >= 0.6 is 0 Å². The van der Waals surface area contributed by atoms with Gasteiger partial charge < -0.3 is 24.6 Å². The predicted molar refractivity (Wildman–Crippen MR) is 154 cm³/mol. The first-order chi connectivity index (χ1) is 18.8. The number of aromatic nitrogens is 2. The van der Waals surface area contributed by atoms with Gasteiger partial charge in [-0.3, -0.25) is 9.52 Å². The summed E-state index contributed by atoms with van der Waals surface area (Å²) in [6.45, 7) is 1.32. The number of fused-ring (bicyclic) bond motifs is 1. The van der Waals surface area contributed by atoms with Crippen LogP contribution in [0.25, 0.3) is 11.0 Å². The molecule has 0 bridgehead atoms. The van der Waals surface area contributed by atoms with E-state index < -0.39 is 11.0 Å². The van der Waals surface area contributed by atoms with Gasteiger partial charge >= 0.3 is 0 Å². The smallest absolute Gasteiger partial charge is 0.253 e. The number of para-hydroxylation sites is 2. The molecule has 0 radical (unpaired) electrons. The van der Waals surface area contributed by atoms with Crippen molar-refractivity contribution in [3.05, 3.63) is 72.3 Å². The van der Waals surface area contributed by atoms with Crippen molar-refractivity contribution in [2.75, 3.05) is 58.5 Å². The van der Waals surface area contributed by atoms with Crippen molar-refractivity contribution < 1.29 is 18.5 Å². The van der Waals surface area contributed by atoms with Crippen LogP contribution in [0.1, 0.15) is 10.4 Å². The molecule has 0 fully saturated rings. The minimum atomic E-state index is -1.73. The Morgan fingerprint density at radius 2 is 1.49 bits per heavy atom. The number of nitrogens with zero attached hydrogens (tertiary/aromatic N) is 4. The van der Waals surface area contributed by atoms with Gasteiger partial charge in [0.1, 0.15) is 11.5 Å². The maximum absolute atomic E-state index is 13.4. The average Bonchev–Trinajstić information content (AvgIpc) is 2.95. The summed E-state index contributed by atoms with van der Waals surface area (Å²) in [6.07, 6.45) is 0. The van der Waals surface area contributed by atoms with E-state index in [4.69, 9.17) is 14.5 Å². The van der Waals surface area contributed by atoms with E-state index in [2.05, 4.69) is 15.0 Å². The highest BCUT2D eigenvalue weighted by Gasteiger charge is 2.17. The Labute approximate surface area is 230 Å². The largest absolute Gasteiger partial charge is 0.497 e. The highest BCUT2D eigenvalue weighted by molar-refractivity contribution is 7.86. The van der Waals surface area contributed by atoms with E-state index in [1.165, 1.54) is 0 Å². The molecule has 0 saturated heterocycles. The second kappa shape index (κ2) is 12.5. The van der Waals surface area contributed by atoms with Crippen LogP contribution < -0.4 is 19.5 Å². The molecule has 1 aromatic heterocycles. The molecule has 204 valence electrons. The van der Waals surface area contributed by atoms with Crippen molar-refractivity contribution in [3.8, 4) is 11.5 Å². The van der Waals surface area contributed by atoms with Gasteiger partial charge in [0.25, 0.3) is 5.91 Å². The number of ether oxygens (including phenoxy) is 2. The number of carbonyl (C=O) groups is 1. The number of hydrogen-bond acceptors (Lipinski definition) is 8. The molecule has 0 aliphatic carbocycles. The molecule has 11 heteroatoms. The summed E-state index contributed by atoms with van der Waals surface area (Å²) in [6, 6.07) is 19.5. The van der Waals surface area contributed by atoms with E-state index >= 15 is 0 Å². The normalized spacial score (nSPS) is 11.7. The summed E-state index contributed by atoms with van der Waals surface area (Å²) in [4.78, 5) is 26.4. The number of benzene rings is 3. The van der Waals surface area contributed by atoms with E-state index in [-0.39, 0.29) is 11.7 Å². The zero-order valence-corrected chi connectivity index (χ0v) is 23.4. The Balaban J connectivity index is 1.63. The van der Waals surface area contributed by atoms with Crippen LogP contribution in [0.5, 0.6) is 11.5 Å². The number of hydrogen-bond donors (Lipinski definition) is 2. The zero-order chi connectivity index (χ0) is 27.9.